The van der Waals surface area contributed by atoms with E-state index in [-0.39, 0.29) is 22.4 Å². The van der Waals surface area contributed by atoms with Crippen LogP contribution in [0.25, 0.3) is 0 Å². The molecule has 4 heavy (non-hydrogen) atoms. The van der Waals surface area contributed by atoms with Crippen molar-refractivity contribution in [3.63, 3.8) is 0 Å². The number of rotatable bonds is 0. The molecule has 0 atom stereocenters. The second kappa shape index (κ2) is 9.13. The van der Waals surface area contributed by atoms with Crippen LogP contribution in [0.15, 0.2) is 0 Å². The first-order valence-corrected chi connectivity index (χ1v) is 6.61. The third kappa shape index (κ3) is 8.82. The third-order valence-electron chi connectivity index (χ3n) is 0. The first-order chi connectivity index (χ1) is 1.41. The fourth-order valence-electron chi connectivity index (χ4n) is 0. The molecule has 0 bridgehead atoms. The van der Waals surface area contributed by atoms with Crippen LogP contribution in [0.5, 0.6) is 0 Å². The zero-order valence-electron chi connectivity index (χ0n) is 1.76. The van der Waals surface area contributed by atoms with Crippen LogP contribution in [0.4, 0.5) is 0 Å². The van der Waals surface area contributed by atoms with Gasteiger partial charge in [-0.25, -0.2) is 0 Å². The maximum atomic E-state index is 4.95. The SMILES string of the molecule is [Au].[Cl][Ca][Cl]. The minimum atomic E-state index is -0.931. The van der Waals surface area contributed by atoms with Gasteiger partial charge in [0.15, 0.2) is 0 Å². The Labute approximate surface area is 64.5 Å². The van der Waals surface area contributed by atoms with Crippen LogP contribution < -0.4 is 0 Å². The Hall–Kier alpha value is 2.58. The molecule has 0 rings (SSSR count). The summed E-state index contributed by atoms with van der Waals surface area (Å²) in [5, 5.41) is 0. The number of hydrogen-bond donors (Lipinski definition) is 0. The summed E-state index contributed by atoms with van der Waals surface area (Å²) in [6.07, 6.45) is 9.90. The molecule has 0 aliphatic rings. The van der Waals surface area contributed by atoms with E-state index in [0.717, 1.165) is 0 Å². The molecule has 0 aromatic heterocycles. The van der Waals surface area contributed by atoms with E-state index in [9.17, 15) is 0 Å². The number of hydrogen-bond acceptors (Lipinski definition) is 0. The van der Waals surface area contributed by atoms with Crippen molar-refractivity contribution in [3.8, 4) is 0 Å². The Kier molecular flexibility index (Phi) is 22.3. The molecule has 0 aliphatic carbocycles. The monoisotopic (exact) mass is 307 g/mol. The van der Waals surface area contributed by atoms with Gasteiger partial charge in [0.2, 0.25) is 0 Å². The van der Waals surface area contributed by atoms with Gasteiger partial charge in [-0.05, 0) is 0 Å². The molecule has 0 N–H and O–H groups in total. The van der Waals surface area contributed by atoms with Crippen molar-refractivity contribution in [2.75, 3.05) is 0 Å². The summed E-state index contributed by atoms with van der Waals surface area (Å²) >= 11 is -0.931. The summed E-state index contributed by atoms with van der Waals surface area (Å²) in [6.45, 7) is 0. The summed E-state index contributed by atoms with van der Waals surface area (Å²) in [7, 11) is 0. The molecule has 1 radical (unpaired) electrons. The molecule has 0 spiro atoms. The molecule has 0 unspecified atom stereocenters. The summed E-state index contributed by atoms with van der Waals surface area (Å²) in [5.74, 6) is 0. The summed E-state index contributed by atoms with van der Waals surface area (Å²) in [5.41, 5.74) is 0. The van der Waals surface area contributed by atoms with Crippen LogP contribution in [-0.4, -0.2) is 30.8 Å². The van der Waals surface area contributed by atoms with Crippen molar-refractivity contribution < 1.29 is 22.4 Å². The van der Waals surface area contributed by atoms with E-state index in [0.29, 0.717) is 0 Å². The Morgan fingerprint density at radius 2 is 1.25 bits per heavy atom. The molecule has 0 aromatic carbocycles. The van der Waals surface area contributed by atoms with Crippen LogP contribution in [0.1, 0.15) is 0 Å². The second-order valence-electron chi connectivity index (χ2n) is 0.101. The average molecular weight is 308 g/mol. The van der Waals surface area contributed by atoms with Crippen molar-refractivity contribution >= 4 is 43.6 Å². The predicted octanol–water partition coefficient (Wildman–Crippen LogP) is 0.996. The van der Waals surface area contributed by atoms with Gasteiger partial charge >= 0.3 is 43.6 Å². The summed E-state index contributed by atoms with van der Waals surface area (Å²) in [6, 6.07) is 0. The molecular weight excluding hydrogens is 308 g/mol. The van der Waals surface area contributed by atoms with Crippen LogP contribution in [0, 0.1) is 0 Å². The van der Waals surface area contributed by atoms with Crippen molar-refractivity contribution in [3.05, 3.63) is 0 Å². The van der Waals surface area contributed by atoms with Gasteiger partial charge in [-0.15, -0.1) is 0 Å². The quantitative estimate of drug-likeness (QED) is 0.586. The van der Waals surface area contributed by atoms with Gasteiger partial charge in [-0.3, -0.25) is 0 Å². The van der Waals surface area contributed by atoms with Crippen LogP contribution >= 0.6 is 12.8 Å². The van der Waals surface area contributed by atoms with Gasteiger partial charge in [0.25, 0.3) is 0 Å². The van der Waals surface area contributed by atoms with Crippen molar-refractivity contribution in [2.45, 2.75) is 0 Å². The standard InChI is InChI=1S/Au.Ca.2ClH/h;;2*1H/q;+2;;/p-2. The maximum absolute atomic E-state index is 4.95. The summed E-state index contributed by atoms with van der Waals surface area (Å²) in [4.78, 5) is 0. The molecule has 4 heteroatoms. The van der Waals surface area contributed by atoms with Gasteiger partial charge in [0, 0.05) is 22.4 Å². The Bertz CT molecular complexity index is 6.00. The minimum absolute atomic E-state index is 0. The number of halogens is 2. The van der Waals surface area contributed by atoms with E-state index >= 15 is 0 Å². The van der Waals surface area contributed by atoms with E-state index in [4.69, 9.17) is 12.8 Å². The Morgan fingerprint density at radius 3 is 1.25 bits per heavy atom. The Morgan fingerprint density at radius 1 is 1.25 bits per heavy atom. The molecule has 27 valence electrons. The van der Waals surface area contributed by atoms with Crippen LogP contribution in [0.3, 0.4) is 0 Å². The Balaban J connectivity index is 0. The van der Waals surface area contributed by atoms with Crippen LogP contribution in [0.2, 0.25) is 0 Å². The second-order valence-corrected chi connectivity index (χ2v) is 3.75. The van der Waals surface area contributed by atoms with Gasteiger partial charge in [0.1, 0.15) is 0 Å². The molecule has 0 aliphatic heterocycles. The molecule has 0 fully saturated rings. The topological polar surface area (TPSA) is 0 Å². The van der Waals surface area contributed by atoms with Gasteiger partial charge < -0.3 is 0 Å². The molecular formula is AuCaCl2. The average Bonchev–Trinajstić information content (AvgIpc) is 0.918. The van der Waals surface area contributed by atoms with E-state index in [1.54, 1.807) is 0 Å². The molecule has 0 nitrogen and oxygen atoms in total. The fourth-order valence-corrected chi connectivity index (χ4v) is 0. The zero-order valence-corrected chi connectivity index (χ0v) is 7.65. The fraction of sp³-hybridized carbons (Fsp3) is 0. The predicted molar refractivity (Wildman–Crippen MR) is 17.5 cm³/mol. The van der Waals surface area contributed by atoms with Gasteiger partial charge in [-0.2, -0.15) is 0 Å². The van der Waals surface area contributed by atoms with E-state index in [1.807, 2.05) is 0 Å². The molecule has 0 heterocycles. The molecule has 0 amide bonds. The van der Waals surface area contributed by atoms with E-state index in [2.05, 4.69) is 0 Å². The van der Waals surface area contributed by atoms with Crippen LogP contribution in [-0.2, 0) is 22.4 Å². The zero-order chi connectivity index (χ0) is 2.71. The van der Waals surface area contributed by atoms with E-state index in [1.165, 1.54) is 0 Å². The molecule has 0 aromatic rings. The first kappa shape index (κ1) is 9.77. The molecule has 0 saturated carbocycles. The van der Waals surface area contributed by atoms with E-state index < -0.39 is 30.8 Å². The molecule has 0 saturated heterocycles. The third-order valence-corrected chi connectivity index (χ3v) is 0. The van der Waals surface area contributed by atoms with Crippen molar-refractivity contribution in [1.82, 2.24) is 0 Å². The van der Waals surface area contributed by atoms with Crippen molar-refractivity contribution in [1.29, 1.82) is 0 Å². The van der Waals surface area contributed by atoms with Gasteiger partial charge in [-0.1, -0.05) is 0 Å². The normalized spacial score (nSPS) is 2.50. The van der Waals surface area contributed by atoms with Gasteiger partial charge in [0.05, 0.1) is 0 Å². The van der Waals surface area contributed by atoms with Crippen molar-refractivity contribution in [2.24, 2.45) is 0 Å². The summed E-state index contributed by atoms with van der Waals surface area (Å²) < 4.78 is 0. The first-order valence-electron chi connectivity index (χ1n) is 0.535.